The number of amides is 1. The molecule has 0 aliphatic carbocycles. The molecular formula is C22H25N3O2. The molecule has 1 aliphatic heterocycles. The van der Waals surface area contributed by atoms with Crippen LogP contribution in [-0.2, 0) is 17.7 Å². The van der Waals surface area contributed by atoms with Crippen LogP contribution in [0, 0.1) is 0 Å². The molecule has 0 fully saturated rings. The van der Waals surface area contributed by atoms with Crippen molar-refractivity contribution in [1.29, 1.82) is 0 Å². The monoisotopic (exact) mass is 363 g/mol. The average molecular weight is 363 g/mol. The van der Waals surface area contributed by atoms with Crippen LogP contribution < -0.4 is 0 Å². The minimum absolute atomic E-state index is 0.200. The van der Waals surface area contributed by atoms with E-state index < -0.39 is 0 Å². The highest BCUT2D eigenvalue weighted by atomic mass is 16.6. The first-order chi connectivity index (χ1) is 13.3. The van der Waals surface area contributed by atoms with Crippen molar-refractivity contribution in [1.82, 2.24) is 14.9 Å². The molecule has 0 bridgehead atoms. The third-order valence-corrected chi connectivity index (χ3v) is 5.17. The highest BCUT2D eigenvalue weighted by molar-refractivity contribution is 5.89. The summed E-state index contributed by atoms with van der Waals surface area (Å²) < 4.78 is 5.44. The molecule has 1 N–H and O–H groups in total. The normalized spacial score (nSPS) is 14.0. The van der Waals surface area contributed by atoms with Gasteiger partial charge in [-0.15, -0.1) is 0 Å². The van der Waals surface area contributed by atoms with Crippen LogP contribution in [0.25, 0.3) is 22.0 Å². The lowest BCUT2D eigenvalue weighted by atomic mass is 10.0. The van der Waals surface area contributed by atoms with Crippen LogP contribution in [0.15, 0.2) is 42.7 Å². The number of benzene rings is 1. The Morgan fingerprint density at radius 2 is 2.22 bits per heavy atom. The fraction of sp³-hybridized carbons (Fsp3) is 0.364. The second-order valence-electron chi connectivity index (χ2n) is 7.08. The van der Waals surface area contributed by atoms with Crippen molar-refractivity contribution in [3.8, 4) is 11.1 Å². The second kappa shape index (κ2) is 7.82. The highest BCUT2D eigenvalue weighted by Crippen LogP contribution is 2.31. The average Bonchev–Trinajstić information content (AvgIpc) is 2.90. The van der Waals surface area contributed by atoms with E-state index in [1.807, 2.05) is 17.2 Å². The van der Waals surface area contributed by atoms with Crippen LogP contribution in [0.4, 0.5) is 4.79 Å². The SMILES string of the molecule is CCCCOC(=O)N1CCCc2[nH]c3ccc(-c4cccnc4)cc3c2C1. The van der Waals surface area contributed by atoms with E-state index in [1.165, 1.54) is 16.6 Å². The van der Waals surface area contributed by atoms with Crippen LogP contribution in [0.3, 0.4) is 0 Å². The number of aromatic amines is 1. The molecule has 2 aromatic heterocycles. The largest absolute Gasteiger partial charge is 0.449 e. The summed E-state index contributed by atoms with van der Waals surface area (Å²) in [7, 11) is 0. The fourth-order valence-electron chi connectivity index (χ4n) is 3.68. The van der Waals surface area contributed by atoms with Gasteiger partial charge < -0.3 is 14.6 Å². The number of aromatic nitrogens is 2. The Kier molecular flexibility index (Phi) is 5.10. The number of rotatable bonds is 4. The second-order valence-corrected chi connectivity index (χ2v) is 7.08. The van der Waals surface area contributed by atoms with Crippen LogP contribution in [-0.4, -0.2) is 34.1 Å². The Bertz CT molecular complexity index is 933. The Hall–Kier alpha value is -2.82. The summed E-state index contributed by atoms with van der Waals surface area (Å²) in [5.41, 5.74) is 5.80. The van der Waals surface area contributed by atoms with Crippen LogP contribution in [0.5, 0.6) is 0 Å². The maximum Gasteiger partial charge on any atom is 0.410 e. The van der Waals surface area contributed by atoms with Gasteiger partial charge in [-0.2, -0.15) is 0 Å². The Balaban J connectivity index is 1.64. The lowest BCUT2D eigenvalue weighted by Gasteiger charge is -2.20. The molecule has 5 heteroatoms. The molecule has 1 aromatic carbocycles. The molecule has 4 rings (SSSR count). The van der Waals surface area contributed by atoms with E-state index in [0.717, 1.165) is 48.9 Å². The number of hydrogen-bond donors (Lipinski definition) is 1. The molecule has 0 spiro atoms. The number of unbranched alkanes of at least 4 members (excludes halogenated alkanes) is 1. The number of pyridine rings is 1. The number of hydrogen-bond acceptors (Lipinski definition) is 3. The summed E-state index contributed by atoms with van der Waals surface area (Å²) in [4.78, 5) is 22.1. The highest BCUT2D eigenvalue weighted by Gasteiger charge is 2.23. The maximum absolute atomic E-state index is 12.5. The van der Waals surface area contributed by atoms with Gasteiger partial charge >= 0.3 is 6.09 Å². The predicted molar refractivity (Wildman–Crippen MR) is 107 cm³/mol. The van der Waals surface area contributed by atoms with E-state index in [1.54, 1.807) is 6.20 Å². The van der Waals surface area contributed by atoms with Gasteiger partial charge in [-0.3, -0.25) is 4.98 Å². The van der Waals surface area contributed by atoms with E-state index in [-0.39, 0.29) is 6.09 Å². The molecule has 0 radical (unpaired) electrons. The van der Waals surface area contributed by atoms with Gasteiger partial charge in [-0.1, -0.05) is 25.5 Å². The van der Waals surface area contributed by atoms with Crippen molar-refractivity contribution in [2.24, 2.45) is 0 Å². The number of carbonyl (C=O) groups excluding carboxylic acids is 1. The van der Waals surface area contributed by atoms with Crippen LogP contribution >= 0.6 is 0 Å². The number of aryl methyl sites for hydroxylation is 1. The molecule has 3 heterocycles. The van der Waals surface area contributed by atoms with Gasteiger partial charge in [-0.25, -0.2) is 4.79 Å². The zero-order chi connectivity index (χ0) is 18.6. The summed E-state index contributed by atoms with van der Waals surface area (Å²) >= 11 is 0. The lowest BCUT2D eigenvalue weighted by molar-refractivity contribution is 0.0992. The topological polar surface area (TPSA) is 58.2 Å². The summed E-state index contributed by atoms with van der Waals surface area (Å²) in [5.74, 6) is 0. The third kappa shape index (κ3) is 3.68. The van der Waals surface area contributed by atoms with E-state index in [0.29, 0.717) is 13.2 Å². The van der Waals surface area contributed by atoms with Crippen LogP contribution in [0.1, 0.15) is 37.4 Å². The van der Waals surface area contributed by atoms with E-state index >= 15 is 0 Å². The zero-order valence-electron chi connectivity index (χ0n) is 15.7. The number of nitrogens with zero attached hydrogens (tertiary/aromatic N) is 2. The molecule has 5 nitrogen and oxygen atoms in total. The van der Waals surface area contributed by atoms with Gasteiger partial charge in [0.2, 0.25) is 0 Å². The zero-order valence-corrected chi connectivity index (χ0v) is 15.7. The van der Waals surface area contributed by atoms with Gasteiger partial charge in [0.05, 0.1) is 13.2 Å². The Morgan fingerprint density at radius 3 is 3.04 bits per heavy atom. The minimum atomic E-state index is -0.200. The molecule has 3 aromatic rings. The lowest BCUT2D eigenvalue weighted by Crippen LogP contribution is -2.31. The Labute approximate surface area is 159 Å². The van der Waals surface area contributed by atoms with Gasteiger partial charge in [-0.05, 0) is 43.0 Å². The molecule has 0 saturated carbocycles. The minimum Gasteiger partial charge on any atom is -0.449 e. The van der Waals surface area contributed by atoms with Crippen molar-refractivity contribution in [2.45, 2.75) is 39.2 Å². The van der Waals surface area contributed by atoms with Crippen molar-refractivity contribution in [2.75, 3.05) is 13.2 Å². The Morgan fingerprint density at radius 1 is 1.30 bits per heavy atom. The first-order valence-electron chi connectivity index (χ1n) is 9.72. The van der Waals surface area contributed by atoms with E-state index in [4.69, 9.17) is 4.74 Å². The number of H-pyrrole nitrogens is 1. The summed E-state index contributed by atoms with van der Waals surface area (Å²) in [6, 6.07) is 10.5. The molecule has 27 heavy (non-hydrogen) atoms. The van der Waals surface area contributed by atoms with Gasteiger partial charge in [0.25, 0.3) is 0 Å². The van der Waals surface area contributed by atoms with E-state index in [9.17, 15) is 4.79 Å². The van der Waals surface area contributed by atoms with Gasteiger partial charge in [0.15, 0.2) is 0 Å². The smallest absolute Gasteiger partial charge is 0.410 e. The number of ether oxygens (including phenoxy) is 1. The predicted octanol–water partition coefficient (Wildman–Crippen LogP) is 4.91. The maximum atomic E-state index is 12.5. The third-order valence-electron chi connectivity index (χ3n) is 5.17. The fourth-order valence-corrected chi connectivity index (χ4v) is 3.68. The molecule has 0 atom stereocenters. The molecular weight excluding hydrogens is 338 g/mol. The summed E-state index contributed by atoms with van der Waals surface area (Å²) in [6.07, 6.45) is 7.29. The standard InChI is InChI=1S/C22H25N3O2/c1-2-3-12-27-22(26)25-11-5-7-20-19(15-25)18-13-16(8-9-21(18)24-20)17-6-4-10-23-14-17/h4,6,8-10,13-14,24H,2-3,5,7,11-12,15H2,1H3. The first-order valence-corrected chi connectivity index (χ1v) is 9.72. The van der Waals surface area contributed by atoms with Crippen molar-refractivity contribution in [3.63, 3.8) is 0 Å². The molecule has 0 unspecified atom stereocenters. The molecule has 1 amide bonds. The molecule has 0 saturated heterocycles. The van der Waals surface area contributed by atoms with Crippen LogP contribution in [0.2, 0.25) is 0 Å². The van der Waals surface area contributed by atoms with Gasteiger partial charge in [0.1, 0.15) is 0 Å². The first kappa shape index (κ1) is 17.6. The summed E-state index contributed by atoms with van der Waals surface area (Å²) in [5, 5.41) is 1.18. The van der Waals surface area contributed by atoms with Gasteiger partial charge in [0, 0.05) is 46.7 Å². The van der Waals surface area contributed by atoms with Crippen molar-refractivity contribution < 1.29 is 9.53 Å². The van der Waals surface area contributed by atoms with E-state index in [2.05, 4.69) is 41.2 Å². The number of fused-ring (bicyclic) bond motifs is 3. The quantitative estimate of drug-likeness (QED) is 0.670. The van der Waals surface area contributed by atoms with Crippen molar-refractivity contribution >= 4 is 17.0 Å². The van der Waals surface area contributed by atoms with Crippen molar-refractivity contribution in [3.05, 3.63) is 54.0 Å². The molecule has 140 valence electrons. The number of nitrogens with one attached hydrogen (secondary N) is 1. The number of carbonyl (C=O) groups is 1. The summed E-state index contributed by atoms with van der Waals surface area (Å²) in [6.45, 7) is 3.92. The molecule has 1 aliphatic rings.